The summed E-state index contributed by atoms with van der Waals surface area (Å²) in [6.07, 6.45) is 3.47. The first-order valence-electron chi connectivity index (χ1n) is 9.08. The molecule has 134 valence electrons. The van der Waals surface area contributed by atoms with E-state index in [0.717, 1.165) is 44.8 Å². The van der Waals surface area contributed by atoms with Crippen LogP contribution in [0.3, 0.4) is 0 Å². The van der Waals surface area contributed by atoms with Crippen LogP contribution >= 0.6 is 0 Å². The van der Waals surface area contributed by atoms with Crippen molar-refractivity contribution in [1.29, 1.82) is 0 Å². The maximum atomic E-state index is 12.5. The van der Waals surface area contributed by atoms with E-state index in [-0.39, 0.29) is 6.03 Å². The zero-order valence-corrected chi connectivity index (χ0v) is 15.2. The Bertz CT molecular complexity index is 563. The van der Waals surface area contributed by atoms with Gasteiger partial charge in [0.15, 0.2) is 5.82 Å². The molecule has 0 radical (unpaired) electrons. The van der Waals surface area contributed by atoms with Crippen LogP contribution in [-0.4, -0.2) is 82.9 Å². The van der Waals surface area contributed by atoms with Gasteiger partial charge in [0.2, 0.25) is 0 Å². The van der Waals surface area contributed by atoms with Gasteiger partial charge in [-0.1, -0.05) is 6.92 Å². The fourth-order valence-corrected chi connectivity index (χ4v) is 3.81. The topological polar surface area (TPSA) is 56.6 Å². The van der Waals surface area contributed by atoms with E-state index in [0.29, 0.717) is 11.9 Å². The number of nitrogens with one attached hydrogen (secondary N) is 1. The first-order valence-corrected chi connectivity index (χ1v) is 9.08. The monoisotopic (exact) mass is 334 g/mol. The van der Waals surface area contributed by atoms with Crippen LogP contribution in [0.25, 0.3) is 0 Å². The van der Waals surface area contributed by atoms with Gasteiger partial charge in [-0.05, 0) is 32.9 Å². The first kappa shape index (κ1) is 17.2. The van der Waals surface area contributed by atoms with Crippen molar-refractivity contribution in [2.45, 2.75) is 32.2 Å². The third-order valence-electron chi connectivity index (χ3n) is 5.29. The van der Waals surface area contributed by atoms with Crippen molar-refractivity contribution in [3.63, 3.8) is 0 Å². The van der Waals surface area contributed by atoms with E-state index < -0.39 is 0 Å². The number of hydrogen-bond donors (Lipinski definition) is 1. The van der Waals surface area contributed by atoms with Gasteiger partial charge in [0, 0.05) is 57.6 Å². The van der Waals surface area contributed by atoms with Crippen molar-refractivity contribution in [3.8, 4) is 0 Å². The highest BCUT2D eigenvalue weighted by molar-refractivity contribution is 5.88. The number of likely N-dealkylation sites (N-methyl/N-ethyl adjacent to an activating group) is 1. The molecule has 1 atom stereocenters. The zero-order valence-electron chi connectivity index (χ0n) is 15.2. The molecule has 1 aromatic heterocycles. The lowest BCUT2D eigenvalue weighted by atomic mass is 10.0. The lowest BCUT2D eigenvalue weighted by Gasteiger charge is -2.42. The van der Waals surface area contributed by atoms with E-state index in [1.807, 2.05) is 22.7 Å². The predicted molar refractivity (Wildman–Crippen MR) is 95.3 cm³/mol. The van der Waals surface area contributed by atoms with Crippen LogP contribution in [0.15, 0.2) is 6.07 Å². The van der Waals surface area contributed by atoms with E-state index in [1.165, 1.54) is 19.4 Å². The average molecular weight is 334 g/mol. The number of nitrogens with zero attached hydrogens (tertiary/aromatic N) is 5. The van der Waals surface area contributed by atoms with Crippen molar-refractivity contribution in [2.24, 2.45) is 7.05 Å². The summed E-state index contributed by atoms with van der Waals surface area (Å²) in [5.74, 6) is 0.649. The van der Waals surface area contributed by atoms with Crippen LogP contribution < -0.4 is 5.32 Å². The molecule has 2 saturated heterocycles. The van der Waals surface area contributed by atoms with Gasteiger partial charge in [0.05, 0.1) is 0 Å². The number of piperazine rings is 1. The second kappa shape index (κ2) is 7.53. The summed E-state index contributed by atoms with van der Waals surface area (Å²) < 4.78 is 1.83. The van der Waals surface area contributed by atoms with E-state index >= 15 is 0 Å². The molecule has 0 bridgehead atoms. The number of likely N-dealkylation sites (tertiary alicyclic amines) is 1. The molecule has 2 aliphatic rings. The lowest BCUT2D eigenvalue weighted by Crippen LogP contribution is -2.56. The molecule has 2 amide bonds. The third-order valence-corrected chi connectivity index (χ3v) is 5.29. The molecule has 7 nitrogen and oxygen atoms in total. The largest absolute Gasteiger partial charge is 0.323 e. The number of piperidine rings is 1. The lowest BCUT2D eigenvalue weighted by molar-refractivity contribution is 0.0717. The SMILES string of the molecule is CCc1cc(NC(=O)N2CCN([C@H]3CCCN(C)C3)CC2)nn1C. The molecular weight excluding hydrogens is 304 g/mol. The molecule has 0 saturated carbocycles. The van der Waals surface area contributed by atoms with Gasteiger partial charge in [-0.2, -0.15) is 5.10 Å². The number of aryl methyl sites for hydroxylation is 2. The second-order valence-corrected chi connectivity index (χ2v) is 7.01. The highest BCUT2D eigenvalue weighted by atomic mass is 16.2. The maximum absolute atomic E-state index is 12.5. The van der Waals surface area contributed by atoms with Gasteiger partial charge in [-0.15, -0.1) is 0 Å². The van der Waals surface area contributed by atoms with Gasteiger partial charge in [-0.25, -0.2) is 4.79 Å². The quantitative estimate of drug-likeness (QED) is 0.903. The minimum Gasteiger partial charge on any atom is -0.322 e. The Hall–Kier alpha value is -1.60. The molecule has 7 heteroatoms. The van der Waals surface area contributed by atoms with Gasteiger partial charge in [-0.3, -0.25) is 14.9 Å². The van der Waals surface area contributed by atoms with Crippen molar-refractivity contribution in [1.82, 2.24) is 24.5 Å². The molecule has 3 heterocycles. The van der Waals surface area contributed by atoms with Crippen LogP contribution in [0.5, 0.6) is 0 Å². The highest BCUT2D eigenvalue weighted by Crippen LogP contribution is 2.17. The average Bonchev–Trinajstić information content (AvgIpc) is 2.94. The molecule has 0 aliphatic carbocycles. The predicted octanol–water partition coefficient (Wildman–Crippen LogP) is 1.23. The van der Waals surface area contributed by atoms with Crippen LogP contribution in [0.2, 0.25) is 0 Å². The molecule has 2 aliphatic heterocycles. The Kier molecular flexibility index (Phi) is 5.40. The Balaban J connectivity index is 1.49. The third kappa shape index (κ3) is 3.89. The molecule has 3 rings (SSSR count). The minimum atomic E-state index is -0.0313. The summed E-state index contributed by atoms with van der Waals surface area (Å²) in [6, 6.07) is 2.57. The van der Waals surface area contributed by atoms with Gasteiger partial charge in [0.1, 0.15) is 0 Å². The number of carbonyl (C=O) groups is 1. The Morgan fingerprint density at radius 1 is 1.25 bits per heavy atom. The minimum absolute atomic E-state index is 0.0313. The standard InChI is InChI=1S/C17H30N6O/c1-4-14-12-16(19-21(14)3)18-17(24)23-10-8-22(9-11-23)15-6-5-7-20(2)13-15/h12,15H,4-11,13H2,1-3H3,(H,18,19,24)/t15-/m0/s1. The fourth-order valence-electron chi connectivity index (χ4n) is 3.81. The van der Waals surface area contributed by atoms with Crippen LogP contribution in [0.4, 0.5) is 10.6 Å². The Morgan fingerprint density at radius 3 is 2.62 bits per heavy atom. The van der Waals surface area contributed by atoms with Crippen molar-refractivity contribution in [3.05, 3.63) is 11.8 Å². The highest BCUT2D eigenvalue weighted by Gasteiger charge is 2.28. The molecular formula is C17H30N6O. The summed E-state index contributed by atoms with van der Waals surface area (Å²) in [4.78, 5) is 19.3. The summed E-state index contributed by atoms with van der Waals surface area (Å²) >= 11 is 0. The van der Waals surface area contributed by atoms with Crippen LogP contribution in [0.1, 0.15) is 25.5 Å². The van der Waals surface area contributed by atoms with Gasteiger partial charge in [0.25, 0.3) is 0 Å². The molecule has 0 spiro atoms. The number of carbonyl (C=O) groups excluding carboxylic acids is 1. The smallest absolute Gasteiger partial charge is 0.322 e. The fraction of sp³-hybridized carbons (Fsp3) is 0.765. The number of anilines is 1. The van der Waals surface area contributed by atoms with Crippen LogP contribution in [0, 0.1) is 0 Å². The summed E-state index contributed by atoms with van der Waals surface area (Å²) in [6.45, 7) is 7.97. The molecule has 1 N–H and O–H groups in total. The number of amides is 2. The zero-order chi connectivity index (χ0) is 17.1. The van der Waals surface area contributed by atoms with E-state index in [2.05, 4.69) is 34.2 Å². The molecule has 1 aromatic rings. The van der Waals surface area contributed by atoms with E-state index in [1.54, 1.807) is 0 Å². The molecule has 2 fully saturated rings. The number of aromatic nitrogens is 2. The second-order valence-electron chi connectivity index (χ2n) is 7.01. The molecule has 0 unspecified atom stereocenters. The summed E-state index contributed by atoms with van der Waals surface area (Å²) in [5, 5.41) is 7.29. The van der Waals surface area contributed by atoms with E-state index in [4.69, 9.17) is 0 Å². The Labute approximate surface area is 144 Å². The van der Waals surface area contributed by atoms with Crippen molar-refractivity contribution < 1.29 is 4.79 Å². The molecule has 24 heavy (non-hydrogen) atoms. The number of rotatable bonds is 3. The van der Waals surface area contributed by atoms with Crippen molar-refractivity contribution >= 4 is 11.8 Å². The molecule has 0 aromatic carbocycles. The maximum Gasteiger partial charge on any atom is 0.323 e. The van der Waals surface area contributed by atoms with Gasteiger partial charge >= 0.3 is 6.03 Å². The summed E-state index contributed by atoms with van der Waals surface area (Å²) in [7, 11) is 4.11. The van der Waals surface area contributed by atoms with E-state index in [9.17, 15) is 4.79 Å². The first-order chi connectivity index (χ1) is 11.6. The van der Waals surface area contributed by atoms with Gasteiger partial charge < -0.3 is 9.80 Å². The Morgan fingerprint density at radius 2 is 2.00 bits per heavy atom. The normalized spacial score (nSPS) is 23.5. The number of hydrogen-bond acceptors (Lipinski definition) is 4. The van der Waals surface area contributed by atoms with Crippen molar-refractivity contribution in [2.75, 3.05) is 51.6 Å². The summed E-state index contributed by atoms with van der Waals surface area (Å²) in [5.41, 5.74) is 1.12. The van der Waals surface area contributed by atoms with Crippen LogP contribution in [-0.2, 0) is 13.5 Å². The number of urea groups is 1.